The van der Waals surface area contributed by atoms with Crippen LogP contribution in [-0.4, -0.2) is 43.6 Å². The SMILES string of the molecule is C=C(C)C1=NCC(c2ccccc2C)(c2ccccc2C)CO1.C=CC(=O)OC1=NCC(=O)O1. The van der Waals surface area contributed by atoms with E-state index in [1.54, 1.807) is 0 Å². The molecule has 0 bridgehead atoms. The zero-order valence-corrected chi connectivity index (χ0v) is 19.7. The van der Waals surface area contributed by atoms with Gasteiger partial charge in [-0.25, -0.2) is 14.6 Å². The summed E-state index contributed by atoms with van der Waals surface area (Å²) in [7, 11) is 0. The van der Waals surface area contributed by atoms with Crippen LogP contribution in [0.15, 0.2) is 83.3 Å². The Kier molecular flexibility index (Phi) is 7.79. The molecule has 0 radical (unpaired) electrons. The highest BCUT2D eigenvalue weighted by molar-refractivity contribution is 5.98. The van der Waals surface area contributed by atoms with E-state index in [-0.39, 0.29) is 18.0 Å². The molecule has 0 aromatic heterocycles. The lowest BCUT2D eigenvalue weighted by Crippen LogP contribution is -2.42. The van der Waals surface area contributed by atoms with Gasteiger partial charge in [0.2, 0.25) is 5.90 Å². The van der Waals surface area contributed by atoms with Crippen LogP contribution >= 0.6 is 0 Å². The predicted molar refractivity (Wildman–Crippen MR) is 131 cm³/mol. The van der Waals surface area contributed by atoms with E-state index in [2.05, 4.69) is 90.0 Å². The van der Waals surface area contributed by atoms with Crippen LogP contribution in [0, 0.1) is 13.8 Å². The third kappa shape index (κ3) is 5.49. The molecule has 0 saturated heterocycles. The molecular formula is C27H28N2O5. The Morgan fingerprint density at radius 1 is 1.06 bits per heavy atom. The van der Waals surface area contributed by atoms with E-state index in [1.807, 2.05) is 6.92 Å². The lowest BCUT2D eigenvalue weighted by atomic mass is 9.71. The Balaban J connectivity index is 0.000000248. The summed E-state index contributed by atoms with van der Waals surface area (Å²) in [6.45, 7) is 14.5. The minimum absolute atomic E-state index is 0.0975. The molecule has 2 aromatic rings. The number of hydrogen-bond acceptors (Lipinski definition) is 7. The number of aryl methyl sites for hydroxylation is 2. The van der Waals surface area contributed by atoms with Gasteiger partial charge in [-0.05, 0) is 43.0 Å². The van der Waals surface area contributed by atoms with Crippen molar-refractivity contribution in [2.24, 2.45) is 9.98 Å². The molecular weight excluding hydrogens is 432 g/mol. The van der Waals surface area contributed by atoms with Crippen molar-refractivity contribution in [2.75, 3.05) is 19.7 Å². The van der Waals surface area contributed by atoms with E-state index >= 15 is 0 Å². The standard InChI is InChI=1S/C21H23NO.C6H5NO4/c1-15(2)20-22-13-21(14-23-20,18-11-7-5-9-16(18)3)19-12-8-6-10-17(19)4;1-2-4(8)10-6-7-3-5(9)11-6/h5-12H,1,13-14H2,2-4H3;2H,1,3H2. The van der Waals surface area contributed by atoms with Crippen molar-refractivity contribution < 1.29 is 23.8 Å². The van der Waals surface area contributed by atoms with Gasteiger partial charge in [-0.3, -0.25) is 4.99 Å². The van der Waals surface area contributed by atoms with E-state index in [0.717, 1.165) is 11.6 Å². The van der Waals surface area contributed by atoms with Gasteiger partial charge in [0.1, 0.15) is 13.2 Å². The number of benzene rings is 2. The second-order valence-corrected chi connectivity index (χ2v) is 8.08. The Bertz CT molecular complexity index is 1130. The second kappa shape index (κ2) is 10.7. The molecule has 0 fully saturated rings. The molecule has 0 saturated carbocycles. The van der Waals surface area contributed by atoms with Gasteiger partial charge in [-0.2, -0.15) is 0 Å². The van der Waals surface area contributed by atoms with E-state index < -0.39 is 11.9 Å². The monoisotopic (exact) mass is 460 g/mol. The molecule has 0 atom stereocenters. The van der Waals surface area contributed by atoms with Crippen molar-refractivity contribution in [3.8, 4) is 0 Å². The van der Waals surface area contributed by atoms with Crippen LogP contribution in [-0.2, 0) is 29.2 Å². The number of carbonyl (C=O) groups excluding carboxylic acids is 2. The summed E-state index contributed by atoms with van der Waals surface area (Å²) in [6, 6.07) is 17.1. The summed E-state index contributed by atoms with van der Waals surface area (Å²) >= 11 is 0. The van der Waals surface area contributed by atoms with Gasteiger partial charge < -0.3 is 14.2 Å². The molecule has 176 valence electrons. The number of nitrogens with zero attached hydrogens (tertiary/aromatic N) is 2. The van der Waals surface area contributed by atoms with E-state index in [4.69, 9.17) is 9.73 Å². The first-order chi connectivity index (χ1) is 16.3. The van der Waals surface area contributed by atoms with E-state index in [0.29, 0.717) is 19.0 Å². The number of hydrogen-bond donors (Lipinski definition) is 0. The van der Waals surface area contributed by atoms with Gasteiger partial charge in [-0.1, -0.05) is 61.7 Å². The minimum atomic E-state index is -0.696. The van der Waals surface area contributed by atoms with E-state index in [1.165, 1.54) is 22.3 Å². The number of aliphatic imine (C=N–C) groups is 2. The quantitative estimate of drug-likeness (QED) is 0.504. The van der Waals surface area contributed by atoms with Crippen molar-refractivity contribution in [2.45, 2.75) is 26.2 Å². The molecule has 2 aromatic carbocycles. The van der Waals surface area contributed by atoms with Gasteiger partial charge in [0.15, 0.2) is 0 Å². The topological polar surface area (TPSA) is 86.5 Å². The molecule has 2 aliphatic rings. The normalized spacial score (nSPS) is 16.0. The van der Waals surface area contributed by atoms with Crippen LogP contribution in [0.2, 0.25) is 0 Å². The van der Waals surface area contributed by atoms with Crippen LogP contribution in [0.1, 0.15) is 29.2 Å². The lowest BCUT2D eigenvalue weighted by Gasteiger charge is -2.38. The van der Waals surface area contributed by atoms with Crippen LogP contribution < -0.4 is 0 Å². The number of esters is 2. The maximum Gasteiger partial charge on any atom is 0.400 e. The fourth-order valence-corrected chi connectivity index (χ4v) is 3.91. The lowest BCUT2D eigenvalue weighted by molar-refractivity contribution is -0.136. The van der Waals surface area contributed by atoms with Crippen molar-refractivity contribution in [1.29, 1.82) is 0 Å². The molecule has 7 nitrogen and oxygen atoms in total. The first-order valence-corrected chi connectivity index (χ1v) is 10.8. The molecule has 0 amide bonds. The highest BCUT2D eigenvalue weighted by atomic mass is 16.7. The zero-order chi connectivity index (χ0) is 24.7. The fourth-order valence-electron chi connectivity index (χ4n) is 3.91. The van der Waals surface area contributed by atoms with Crippen LogP contribution in [0.4, 0.5) is 0 Å². The Morgan fingerprint density at radius 3 is 2.06 bits per heavy atom. The average Bonchev–Trinajstić information content (AvgIpc) is 3.24. The number of carbonyl (C=O) groups is 2. The molecule has 34 heavy (non-hydrogen) atoms. The van der Waals surface area contributed by atoms with Crippen LogP contribution in [0.25, 0.3) is 0 Å². The molecule has 0 unspecified atom stereocenters. The summed E-state index contributed by atoms with van der Waals surface area (Å²) in [4.78, 5) is 29.0. The van der Waals surface area contributed by atoms with Gasteiger partial charge in [0.05, 0.1) is 12.0 Å². The van der Waals surface area contributed by atoms with Crippen molar-refractivity contribution >= 4 is 23.9 Å². The van der Waals surface area contributed by atoms with Crippen molar-refractivity contribution in [3.05, 3.63) is 95.6 Å². The number of ether oxygens (including phenoxy) is 3. The summed E-state index contributed by atoms with van der Waals surface area (Å²) < 4.78 is 14.8. The molecule has 0 N–H and O–H groups in total. The zero-order valence-electron chi connectivity index (χ0n) is 19.7. The molecule has 2 aliphatic heterocycles. The first kappa shape index (κ1) is 24.6. The summed E-state index contributed by atoms with van der Waals surface area (Å²) in [5, 5.41) is 0. The summed E-state index contributed by atoms with van der Waals surface area (Å²) in [5.74, 6) is -0.543. The molecule has 0 spiro atoms. The van der Waals surface area contributed by atoms with Crippen molar-refractivity contribution in [3.63, 3.8) is 0 Å². The van der Waals surface area contributed by atoms with Crippen molar-refractivity contribution in [1.82, 2.24) is 0 Å². The Labute approximate surface area is 199 Å². The molecule has 0 aliphatic carbocycles. The predicted octanol–water partition coefficient (Wildman–Crippen LogP) is 4.22. The fraction of sp³-hybridized carbons (Fsp3) is 0.259. The van der Waals surface area contributed by atoms with Crippen LogP contribution in [0.5, 0.6) is 0 Å². The van der Waals surface area contributed by atoms with Gasteiger partial charge >= 0.3 is 18.0 Å². The highest BCUT2D eigenvalue weighted by Gasteiger charge is 2.40. The highest BCUT2D eigenvalue weighted by Crippen LogP contribution is 2.39. The molecule has 4 rings (SSSR count). The summed E-state index contributed by atoms with van der Waals surface area (Å²) in [5.41, 5.74) is 5.77. The number of rotatable bonds is 4. The largest absolute Gasteiger partial charge is 0.476 e. The first-order valence-electron chi connectivity index (χ1n) is 10.8. The minimum Gasteiger partial charge on any atom is -0.476 e. The van der Waals surface area contributed by atoms with E-state index in [9.17, 15) is 9.59 Å². The average molecular weight is 461 g/mol. The van der Waals surface area contributed by atoms with Crippen LogP contribution in [0.3, 0.4) is 0 Å². The summed E-state index contributed by atoms with van der Waals surface area (Å²) in [6.07, 6.45) is 0.647. The van der Waals surface area contributed by atoms with Gasteiger partial charge in [-0.15, -0.1) is 0 Å². The second-order valence-electron chi connectivity index (χ2n) is 8.08. The third-order valence-electron chi connectivity index (χ3n) is 5.53. The Morgan fingerprint density at radius 2 is 1.65 bits per heavy atom. The third-order valence-corrected chi connectivity index (χ3v) is 5.53. The molecule has 7 heteroatoms. The Hall–Kier alpha value is -4.00. The smallest absolute Gasteiger partial charge is 0.400 e. The van der Waals surface area contributed by atoms with Gasteiger partial charge in [0, 0.05) is 11.6 Å². The number of cyclic esters (lactones) is 1. The maximum absolute atomic E-state index is 10.5. The molecule has 2 heterocycles. The van der Waals surface area contributed by atoms with Gasteiger partial charge in [0.25, 0.3) is 0 Å². The maximum atomic E-state index is 10.5.